The van der Waals surface area contributed by atoms with Crippen LogP contribution < -0.4 is 5.32 Å². The second-order valence-corrected chi connectivity index (χ2v) is 10.7. The molecule has 3 aromatic rings. The molecular weight excluding hydrogens is 424 g/mol. The molecule has 5 rings (SSSR count). The van der Waals surface area contributed by atoms with E-state index in [1.54, 1.807) is 0 Å². The van der Waals surface area contributed by atoms with Gasteiger partial charge in [0.2, 0.25) is 0 Å². The van der Waals surface area contributed by atoms with Crippen LogP contribution in [0.2, 0.25) is 0 Å². The van der Waals surface area contributed by atoms with E-state index in [1.165, 1.54) is 42.8 Å². The molecule has 0 bridgehead atoms. The Kier molecular flexibility index (Phi) is 6.32. The van der Waals surface area contributed by atoms with Crippen LogP contribution in [0.3, 0.4) is 0 Å². The lowest BCUT2D eigenvalue weighted by Gasteiger charge is -2.21. The van der Waals surface area contributed by atoms with E-state index in [4.69, 9.17) is 0 Å². The van der Waals surface area contributed by atoms with E-state index in [-0.39, 0.29) is 5.91 Å². The number of thioether (sulfide) groups is 2. The Morgan fingerprint density at radius 3 is 2.45 bits per heavy atom. The molecule has 1 fully saturated rings. The second kappa shape index (κ2) is 9.49. The Morgan fingerprint density at radius 2 is 1.68 bits per heavy atom. The van der Waals surface area contributed by atoms with Gasteiger partial charge in [0.15, 0.2) is 5.82 Å². The number of amides is 1. The summed E-state index contributed by atoms with van der Waals surface area (Å²) in [5, 5.41) is 11.8. The number of aromatic nitrogens is 3. The van der Waals surface area contributed by atoms with E-state index in [1.807, 2.05) is 59.9 Å². The van der Waals surface area contributed by atoms with Gasteiger partial charge in [-0.15, -0.1) is 33.7 Å². The third kappa shape index (κ3) is 4.67. The maximum absolute atomic E-state index is 12.7. The molecule has 3 heterocycles. The monoisotopic (exact) mass is 450 g/mol. The largest absolute Gasteiger partial charge is 0.322 e. The predicted octanol–water partition coefficient (Wildman–Crippen LogP) is 5.79. The summed E-state index contributed by atoms with van der Waals surface area (Å²) < 4.78 is 2.73. The fourth-order valence-corrected chi connectivity index (χ4v) is 6.97. The first-order chi connectivity index (χ1) is 15.3. The van der Waals surface area contributed by atoms with Gasteiger partial charge in [-0.2, -0.15) is 0 Å². The van der Waals surface area contributed by atoms with Crippen molar-refractivity contribution in [2.75, 3.05) is 16.8 Å². The zero-order valence-electron chi connectivity index (χ0n) is 17.4. The number of benzene rings is 2. The molecule has 0 unspecified atom stereocenters. The molecule has 0 atom stereocenters. The zero-order chi connectivity index (χ0) is 21.0. The third-order valence-corrected chi connectivity index (χ3v) is 8.80. The van der Waals surface area contributed by atoms with Crippen LogP contribution in [0.5, 0.6) is 0 Å². The van der Waals surface area contributed by atoms with E-state index < -0.39 is 0 Å². The van der Waals surface area contributed by atoms with E-state index in [9.17, 15) is 4.79 Å². The van der Waals surface area contributed by atoms with Crippen LogP contribution in [0, 0.1) is 0 Å². The molecule has 0 saturated carbocycles. The minimum Gasteiger partial charge on any atom is -0.322 e. The summed E-state index contributed by atoms with van der Waals surface area (Å²) in [6.07, 6.45) is 5.88. The molecule has 1 amide bonds. The lowest BCUT2D eigenvalue weighted by molar-refractivity contribution is 0.102. The fraction of sp³-hybridized carbons (Fsp3) is 0.375. The van der Waals surface area contributed by atoms with Crippen LogP contribution >= 0.6 is 23.5 Å². The topological polar surface area (TPSA) is 59.8 Å². The highest BCUT2D eigenvalue weighted by atomic mass is 32.2. The van der Waals surface area contributed by atoms with Gasteiger partial charge in [-0.25, -0.2) is 0 Å². The van der Waals surface area contributed by atoms with Gasteiger partial charge >= 0.3 is 0 Å². The van der Waals surface area contributed by atoms with Crippen LogP contribution in [0.15, 0.2) is 48.5 Å². The number of fused-ring (bicyclic) bond motifs is 1. The molecule has 2 aromatic carbocycles. The van der Waals surface area contributed by atoms with Gasteiger partial charge in [0.1, 0.15) is 5.82 Å². The zero-order valence-corrected chi connectivity index (χ0v) is 19.1. The van der Waals surface area contributed by atoms with Crippen molar-refractivity contribution in [2.24, 2.45) is 0 Å². The van der Waals surface area contributed by atoms with Crippen molar-refractivity contribution in [2.45, 2.75) is 43.2 Å². The highest BCUT2D eigenvalue weighted by Crippen LogP contribution is 2.43. The number of nitrogens with zero attached hydrogens (tertiary/aromatic N) is 3. The van der Waals surface area contributed by atoms with Gasteiger partial charge in [-0.3, -0.25) is 4.79 Å². The molecule has 5 nitrogen and oxygen atoms in total. The Labute approximate surface area is 191 Å². The van der Waals surface area contributed by atoms with E-state index in [2.05, 4.69) is 32.2 Å². The maximum atomic E-state index is 12.7. The van der Waals surface area contributed by atoms with Crippen LogP contribution in [-0.2, 0) is 13.0 Å². The maximum Gasteiger partial charge on any atom is 0.255 e. The molecule has 0 aliphatic carbocycles. The summed E-state index contributed by atoms with van der Waals surface area (Å²) in [7, 11) is 0. The number of anilines is 1. The van der Waals surface area contributed by atoms with Crippen molar-refractivity contribution >= 4 is 35.1 Å². The van der Waals surface area contributed by atoms with E-state index in [0.717, 1.165) is 35.9 Å². The average Bonchev–Trinajstić information content (AvgIpc) is 3.08. The minimum absolute atomic E-state index is 0.0837. The van der Waals surface area contributed by atoms with Crippen molar-refractivity contribution in [1.82, 2.24) is 14.8 Å². The first kappa shape index (κ1) is 20.6. The summed E-state index contributed by atoms with van der Waals surface area (Å²) in [4.78, 5) is 12.7. The SMILES string of the molecule is O=C(Nc1ccc(-c2nnc3n2CCCCC3)cc1)c1ccc(C2SCCCS2)cc1. The molecule has 31 heavy (non-hydrogen) atoms. The first-order valence-corrected chi connectivity index (χ1v) is 13.0. The molecule has 2 aliphatic rings. The number of rotatable bonds is 4. The number of aryl methyl sites for hydroxylation is 1. The summed E-state index contributed by atoms with van der Waals surface area (Å²) in [5.41, 5.74) is 3.79. The standard InChI is InChI=1S/C24H26N4OS2/c29-23(18-6-8-19(9-7-18)24-30-15-4-16-31-24)25-20-12-10-17(11-13-20)22-27-26-21-5-2-1-3-14-28(21)22/h6-13,24H,1-5,14-16H2,(H,25,29). The number of carbonyl (C=O) groups excluding carboxylic acids is 1. The number of hydrogen-bond acceptors (Lipinski definition) is 5. The van der Waals surface area contributed by atoms with Crippen molar-refractivity contribution in [1.29, 1.82) is 0 Å². The lowest BCUT2D eigenvalue weighted by atomic mass is 10.1. The van der Waals surface area contributed by atoms with E-state index >= 15 is 0 Å². The van der Waals surface area contributed by atoms with Crippen molar-refractivity contribution in [3.63, 3.8) is 0 Å². The number of nitrogens with one attached hydrogen (secondary N) is 1. The molecule has 0 radical (unpaired) electrons. The Bertz CT molecular complexity index is 1040. The molecule has 0 spiro atoms. The number of hydrogen-bond donors (Lipinski definition) is 1. The quantitative estimate of drug-likeness (QED) is 0.545. The third-order valence-electron chi connectivity index (χ3n) is 5.78. The molecule has 1 N–H and O–H groups in total. The Balaban J connectivity index is 1.25. The smallest absolute Gasteiger partial charge is 0.255 e. The van der Waals surface area contributed by atoms with Gasteiger partial charge < -0.3 is 9.88 Å². The van der Waals surface area contributed by atoms with Gasteiger partial charge in [0, 0.05) is 29.8 Å². The van der Waals surface area contributed by atoms with Gasteiger partial charge in [-0.05, 0) is 72.7 Å². The Hall–Kier alpha value is -2.25. The highest BCUT2D eigenvalue weighted by molar-refractivity contribution is 8.16. The molecule has 1 aromatic heterocycles. The molecule has 1 saturated heterocycles. The summed E-state index contributed by atoms with van der Waals surface area (Å²) in [6.45, 7) is 0.976. The Morgan fingerprint density at radius 1 is 0.903 bits per heavy atom. The van der Waals surface area contributed by atoms with Crippen LogP contribution in [0.25, 0.3) is 11.4 Å². The van der Waals surface area contributed by atoms with Crippen LogP contribution in [-0.4, -0.2) is 32.2 Å². The highest BCUT2D eigenvalue weighted by Gasteiger charge is 2.18. The average molecular weight is 451 g/mol. The molecule has 2 aliphatic heterocycles. The van der Waals surface area contributed by atoms with Crippen LogP contribution in [0.4, 0.5) is 5.69 Å². The van der Waals surface area contributed by atoms with Gasteiger partial charge in [0.25, 0.3) is 5.91 Å². The molecule has 160 valence electrons. The van der Waals surface area contributed by atoms with Gasteiger partial charge in [-0.1, -0.05) is 18.6 Å². The number of carbonyl (C=O) groups is 1. The van der Waals surface area contributed by atoms with Crippen molar-refractivity contribution in [3.05, 3.63) is 65.5 Å². The van der Waals surface area contributed by atoms with E-state index in [0.29, 0.717) is 10.1 Å². The lowest BCUT2D eigenvalue weighted by Crippen LogP contribution is -2.12. The second-order valence-electron chi connectivity index (χ2n) is 7.98. The molecule has 7 heteroatoms. The van der Waals surface area contributed by atoms with Crippen molar-refractivity contribution in [3.8, 4) is 11.4 Å². The minimum atomic E-state index is -0.0837. The normalized spacial score (nSPS) is 17.0. The first-order valence-electron chi connectivity index (χ1n) is 10.9. The van der Waals surface area contributed by atoms with Crippen molar-refractivity contribution < 1.29 is 4.79 Å². The summed E-state index contributed by atoms with van der Waals surface area (Å²) >= 11 is 3.99. The molecular formula is C24H26N4OS2. The summed E-state index contributed by atoms with van der Waals surface area (Å²) in [6, 6.07) is 15.9. The predicted molar refractivity (Wildman–Crippen MR) is 130 cm³/mol. The van der Waals surface area contributed by atoms with Gasteiger partial charge in [0.05, 0.1) is 4.58 Å². The van der Waals surface area contributed by atoms with Crippen LogP contribution in [0.1, 0.15) is 52.0 Å². The fourth-order valence-electron chi connectivity index (χ4n) is 4.08. The summed E-state index contributed by atoms with van der Waals surface area (Å²) in [5.74, 6) is 4.35.